The van der Waals surface area contributed by atoms with Crippen LogP contribution in [0.15, 0.2) is 72.8 Å². The summed E-state index contributed by atoms with van der Waals surface area (Å²) in [5, 5.41) is 4.73. The van der Waals surface area contributed by atoms with Crippen molar-refractivity contribution in [2.75, 3.05) is 13.7 Å². The number of benzene rings is 3. The molecule has 0 aliphatic rings. The van der Waals surface area contributed by atoms with Crippen LogP contribution in [0.2, 0.25) is 0 Å². The van der Waals surface area contributed by atoms with Crippen molar-refractivity contribution < 1.29 is 14.3 Å². The number of nitrogens with one attached hydrogen (secondary N) is 1. The summed E-state index contributed by atoms with van der Waals surface area (Å²) in [6, 6.07) is 20.8. The molecule has 0 aliphatic heterocycles. The van der Waals surface area contributed by atoms with Gasteiger partial charge in [0.15, 0.2) is 12.4 Å². The van der Waals surface area contributed by atoms with Gasteiger partial charge >= 0.3 is 0 Å². The fourth-order valence-corrected chi connectivity index (χ4v) is 2.59. The molecule has 0 spiro atoms. The first-order chi connectivity index (χ1) is 12.7. The molecule has 0 aliphatic carbocycles. The normalized spacial score (nSPS) is 10.8. The van der Waals surface area contributed by atoms with E-state index in [4.69, 9.17) is 4.74 Å². The van der Waals surface area contributed by atoms with Gasteiger partial charge in [-0.1, -0.05) is 48.5 Å². The molecule has 0 atom stereocenters. The van der Waals surface area contributed by atoms with Gasteiger partial charge < -0.3 is 10.1 Å². The molecule has 1 amide bonds. The average molecular weight is 345 g/mol. The van der Waals surface area contributed by atoms with E-state index in [1.807, 2.05) is 48.5 Å². The van der Waals surface area contributed by atoms with Crippen LogP contribution in [0.1, 0.15) is 15.9 Å². The molecular formula is C22H19NO3. The molecule has 3 aromatic carbocycles. The monoisotopic (exact) mass is 345 g/mol. The average Bonchev–Trinajstić information content (AvgIpc) is 2.70. The summed E-state index contributed by atoms with van der Waals surface area (Å²) in [6.07, 6.45) is 3.41. The van der Waals surface area contributed by atoms with Gasteiger partial charge in [-0.25, -0.2) is 0 Å². The van der Waals surface area contributed by atoms with Crippen molar-refractivity contribution >= 4 is 28.5 Å². The zero-order valence-corrected chi connectivity index (χ0v) is 14.4. The molecule has 0 aromatic heterocycles. The second-order valence-electron chi connectivity index (χ2n) is 5.75. The van der Waals surface area contributed by atoms with Gasteiger partial charge in [-0.05, 0) is 46.7 Å². The second kappa shape index (κ2) is 8.12. The van der Waals surface area contributed by atoms with Crippen molar-refractivity contribution in [3.05, 3.63) is 83.9 Å². The molecule has 130 valence electrons. The smallest absolute Gasteiger partial charge is 0.257 e. The number of amides is 1. The Kier molecular flexibility index (Phi) is 5.44. The van der Waals surface area contributed by atoms with Gasteiger partial charge in [0.2, 0.25) is 0 Å². The van der Waals surface area contributed by atoms with E-state index >= 15 is 0 Å². The first kappa shape index (κ1) is 17.4. The third kappa shape index (κ3) is 4.16. The van der Waals surface area contributed by atoms with Crippen molar-refractivity contribution in [1.29, 1.82) is 0 Å². The summed E-state index contributed by atoms with van der Waals surface area (Å²) < 4.78 is 5.33. The lowest BCUT2D eigenvalue weighted by molar-refractivity contribution is -0.122. The first-order valence-electron chi connectivity index (χ1n) is 8.31. The van der Waals surface area contributed by atoms with Crippen LogP contribution in [-0.2, 0) is 4.79 Å². The number of carbonyl (C=O) groups is 2. The van der Waals surface area contributed by atoms with Crippen LogP contribution in [-0.4, -0.2) is 25.3 Å². The summed E-state index contributed by atoms with van der Waals surface area (Å²) in [5.41, 5.74) is 1.57. The number of allylic oxidation sites excluding steroid dienone is 1. The van der Waals surface area contributed by atoms with Gasteiger partial charge in [-0.15, -0.1) is 0 Å². The lowest BCUT2D eigenvalue weighted by Gasteiger charge is -2.05. The maximum absolute atomic E-state index is 12.4. The quantitative estimate of drug-likeness (QED) is 0.545. The maximum atomic E-state index is 12.4. The molecule has 0 bridgehead atoms. The summed E-state index contributed by atoms with van der Waals surface area (Å²) in [7, 11) is 1.55. The van der Waals surface area contributed by atoms with Crippen LogP contribution < -0.4 is 10.1 Å². The minimum Gasteiger partial charge on any atom is -0.484 e. The molecule has 0 saturated carbocycles. The fourth-order valence-electron chi connectivity index (χ4n) is 2.59. The lowest BCUT2D eigenvalue weighted by atomic mass is 10.0. The Morgan fingerprint density at radius 2 is 1.69 bits per heavy atom. The Morgan fingerprint density at radius 3 is 2.46 bits per heavy atom. The highest BCUT2D eigenvalue weighted by atomic mass is 16.5. The number of fused-ring (bicyclic) bond motifs is 1. The minimum absolute atomic E-state index is 0.0508. The molecule has 0 saturated heterocycles. The molecule has 0 unspecified atom stereocenters. The lowest BCUT2D eigenvalue weighted by Crippen LogP contribution is -2.24. The van der Waals surface area contributed by atoms with Gasteiger partial charge in [-0.3, -0.25) is 9.59 Å². The zero-order chi connectivity index (χ0) is 18.4. The molecule has 0 radical (unpaired) electrons. The highest BCUT2D eigenvalue weighted by molar-refractivity contribution is 6.07. The fraction of sp³-hybridized carbons (Fsp3) is 0.0909. The number of hydrogen-bond acceptors (Lipinski definition) is 3. The first-order valence-corrected chi connectivity index (χ1v) is 8.31. The van der Waals surface area contributed by atoms with Crippen LogP contribution in [0.4, 0.5) is 0 Å². The number of ether oxygens (including phenoxy) is 1. The zero-order valence-electron chi connectivity index (χ0n) is 14.4. The standard InChI is InChI=1S/C22H19NO3/c1-23-22(25)15-26-19-12-9-18(10-13-19)21(24)14-11-17-7-4-6-16-5-2-3-8-20(16)17/h2-14H,15H2,1H3,(H,23,25)/b14-11+. The Labute approximate surface area is 152 Å². The Bertz CT molecular complexity index is 953. The summed E-state index contributed by atoms with van der Waals surface area (Å²) in [6.45, 7) is -0.0508. The topological polar surface area (TPSA) is 55.4 Å². The van der Waals surface area contributed by atoms with Crippen LogP contribution in [0.3, 0.4) is 0 Å². The van der Waals surface area contributed by atoms with Gasteiger partial charge in [-0.2, -0.15) is 0 Å². The van der Waals surface area contributed by atoms with Crippen molar-refractivity contribution in [2.24, 2.45) is 0 Å². The van der Waals surface area contributed by atoms with Crippen LogP contribution in [0.25, 0.3) is 16.8 Å². The molecule has 1 N–H and O–H groups in total. The molecule has 0 heterocycles. The van der Waals surface area contributed by atoms with Crippen LogP contribution >= 0.6 is 0 Å². The van der Waals surface area contributed by atoms with E-state index < -0.39 is 0 Å². The van der Waals surface area contributed by atoms with Crippen molar-refractivity contribution in [2.45, 2.75) is 0 Å². The molecule has 26 heavy (non-hydrogen) atoms. The van der Waals surface area contributed by atoms with Crippen LogP contribution in [0.5, 0.6) is 5.75 Å². The second-order valence-corrected chi connectivity index (χ2v) is 5.75. The third-order valence-electron chi connectivity index (χ3n) is 4.03. The van der Waals surface area contributed by atoms with E-state index in [0.717, 1.165) is 16.3 Å². The summed E-state index contributed by atoms with van der Waals surface area (Å²) in [5.74, 6) is 0.252. The molecular weight excluding hydrogens is 326 g/mol. The van der Waals surface area contributed by atoms with E-state index in [1.165, 1.54) is 0 Å². The van der Waals surface area contributed by atoms with Crippen molar-refractivity contribution in [3.63, 3.8) is 0 Å². The predicted molar refractivity (Wildman–Crippen MR) is 103 cm³/mol. The van der Waals surface area contributed by atoms with Gasteiger partial charge in [0.05, 0.1) is 0 Å². The minimum atomic E-state index is -0.205. The Hall–Kier alpha value is -3.40. The predicted octanol–water partition coefficient (Wildman–Crippen LogP) is 3.86. The maximum Gasteiger partial charge on any atom is 0.257 e. The number of likely N-dealkylation sites (N-methyl/N-ethyl adjacent to an activating group) is 1. The van der Waals surface area contributed by atoms with Gasteiger partial charge in [0, 0.05) is 12.6 Å². The van der Waals surface area contributed by atoms with E-state index in [1.54, 1.807) is 37.4 Å². The van der Waals surface area contributed by atoms with Gasteiger partial charge in [0.1, 0.15) is 5.75 Å². The molecule has 3 rings (SSSR count). The number of carbonyl (C=O) groups excluding carboxylic acids is 2. The number of hydrogen-bond donors (Lipinski definition) is 1. The Morgan fingerprint density at radius 1 is 0.962 bits per heavy atom. The third-order valence-corrected chi connectivity index (χ3v) is 4.03. The molecule has 3 aromatic rings. The number of ketones is 1. The van der Waals surface area contributed by atoms with E-state index in [0.29, 0.717) is 11.3 Å². The number of rotatable bonds is 6. The molecule has 4 nitrogen and oxygen atoms in total. The molecule has 4 heteroatoms. The van der Waals surface area contributed by atoms with Gasteiger partial charge in [0.25, 0.3) is 5.91 Å². The van der Waals surface area contributed by atoms with Crippen LogP contribution in [0, 0.1) is 0 Å². The van der Waals surface area contributed by atoms with Crippen molar-refractivity contribution in [3.8, 4) is 5.75 Å². The molecule has 0 fully saturated rings. The van der Waals surface area contributed by atoms with E-state index in [2.05, 4.69) is 5.32 Å². The SMILES string of the molecule is CNC(=O)COc1ccc(C(=O)/C=C/c2cccc3ccccc23)cc1. The van der Waals surface area contributed by atoms with E-state index in [9.17, 15) is 9.59 Å². The summed E-state index contributed by atoms with van der Waals surface area (Å²) >= 11 is 0. The largest absolute Gasteiger partial charge is 0.484 e. The van der Waals surface area contributed by atoms with E-state index in [-0.39, 0.29) is 18.3 Å². The highest BCUT2D eigenvalue weighted by Gasteiger charge is 2.04. The highest BCUT2D eigenvalue weighted by Crippen LogP contribution is 2.20. The van der Waals surface area contributed by atoms with Crippen molar-refractivity contribution in [1.82, 2.24) is 5.32 Å². The summed E-state index contributed by atoms with van der Waals surface area (Å²) in [4.78, 5) is 23.6. The Balaban J connectivity index is 1.71.